The van der Waals surface area contributed by atoms with Crippen molar-refractivity contribution >= 4 is 0 Å². The Labute approximate surface area is 117 Å². The lowest BCUT2D eigenvalue weighted by molar-refractivity contribution is 0.165. The van der Waals surface area contributed by atoms with E-state index in [1.54, 1.807) is 13.4 Å². The Morgan fingerprint density at radius 1 is 1.20 bits per heavy atom. The lowest BCUT2D eigenvalue weighted by atomic mass is 10.1. The van der Waals surface area contributed by atoms with E-state index >= 15 is 0 Å². The van der Waals surface area contributed by atoms with Crippen LogP contribution in [0.5, 0.6) is 17.2 Å². The lowest BCUT2D eigenvalue weighted by Crippen LogP contribution is -2.17. The Morgan fingerprint density at radius 2 is 2.10 bits per heavy atom. The predicted molar refractivity (Wildman–Crippen MR) is 73.2 cm³/mol. The number of rotatable bonds is 5. The summed E-state index contributed by atoms with van der Waals surface area (Å²) in [6.07, 6.45) is 1.67. The summed E-state index contributed by atoms with van der Waals surface area (Å²) in [4.78, 5) is 0. The maximum atomic E-state index is 5.61. The van der Waals surface area contributed by atoms with Crippen molar-refractivity contribution in [3.05, 3.63) is 41.9 Å². The van der Waals surface area contributed by atoms with Gasteiger partial charge in [0.1, 0.15) is 19.0 Å². The van der Waals surface area contributed by atoms with E-state index in [-0.39, 0.29) is 0 Å². The van der Waals surface area contributed by atoms with Crippen LogP contribution in [0.3, 0.4) is 0 Å². The molecule has 2 aromatic rings. The first-order valence-corrected chi connectivity index (χ1v) is 6.56. The second kappa shape index (κ2) is 5.88. The van der Waals surface area contributed by atoms with Crippen molar-refractivity contribution < 1.29 is 18.6 Å². The highest BCUT2D eigenvalue weighted by molar-refractivity contribution is 5.54. The molecule has 20 heavy (non-hydrogen) atoms. The standard InChI is InChI=1S/C15H17NO4/c1-17-13-7-11(8-14-15(13)20-6-5-19-14)9-16-10-12-3-2-4-18-12/h2-4,7-8,16H,5-6,9-10H2,1H3. The van der Waals surface area contributed by atoms with E-state index in [0.717, 1.165) is 17.1 Å². The Balaban J connectivity index is 1.69. The van der Waals surface area contributed by atoms with E-state index < -0.39 is 0 Å². The molecule has 0 atom stereocenters. The van der Waals surface area contributed by atoms with Gasteiger partial charge >= 0.3 is 0 Å². The molecule has 1 aromatic heterocycles. The van der Waals surface area contributed by atoms with Crippen molar-refractivity contribution in [2.45, 2.75) is 13.1 Å². The second-order valence-electron chi connectivity index (χ2n) is 4.51. The highest BCUT2D eigenvalue weighted by Crippen LogP contribution is 2.40. The van der Waals surface area contributed by atoms with Crippen LogP contribution in [0.25, 0.3) is 0 Å². The minimum Gasteiger partial charge on any atom is -0.493 e. The average Bonchev–Trinajstić information content (AvgIpc) is 2.99. The highest BCUT2D eigenvalue weighted by atomic mass is 16.6. The van der Waals surface area contributed by atoms with Gasteiger partial charge in [0, 0.05) is 6.54 Å². The molecule has 5 nitrogen and oxygen atoms in total. The maximum absolute atomic E-state index is 5.61. The van der Waals surface area contributed by atoms with Gasteiger partial charge in [0.2, 0.25) is 5.75 Å². The largest absolute Gasteiger partial charge is 0.493 e. The first-order chi connectivity index (χ1) is 9.86. The van der Waals surface area contributed by atoms with Crippen LogP contribution in [0.4, 0.5) is 0 Å². The number of nitrogens with one attached hydrogen (secondary N) is 1. The molecule has 0 spiro atoms. The van der Waals surface area contributed by atoms with Gasteiger partial charge in [0.15, 0.2) is 11.5 Å². The summed E-state index contributed by atoms with van der Waals surface area (Å²) in [5, 5.41) is 3.32. The van der Waals surface area contributed by atoms with Gasteiger partial charge in [0.05, 0.1) is 19.9 Å². The number of hydrogen-bond donors (Lipinski definition) is 1. The Hall–Kier alpha value is -2.14. The zero-order valence-corrected chi connectivity index (χ0v) is 11.3. The van der Waals surface area contributed by atoms with Gasteiger partial charge in [-0.2, -0.15) is 0 Å². The van der Waals surface area contributed by atoms with E-state index in [1.807, 2.05) is 24.3 Å². The third-order valence-corrected chi connectivity index (χ3v) is 3.10. The van der Waals surface area contributed by atoms with Gasteiger partial charge in [-0.05, 0) is 29.8 Å². The van der Waals surface area contributed by atoms with E-state index in [1.165, 1.54) is 0 Å². The molecule has 1 N–H and O–H groups in total. The molecule has 0 aliphatic carbocycles. The Kier molecular flexibility index (Phi) is 3.78. The molecule has 0 bridgehead atoms. The topological polar surface area (TPSA) is 52.9 Å². The van der Waals surface area contributed by atoms with Crippen LogP contribution in [0.15, 0.2) is 34.9 Å². The summed E-state index contributed by atoms with van der Waals surface area (Å²) in [7, 11) is 1.63. The third kappa shape index (κ3) is 2.72. The zero-order valence-electron chi connectivity index (χ0n) is 11.3. The SMILES string of the molecule is COc1cc(CNCc2ccco2)cc2c1OCCO2. The summed E-state index contributed by atoms with van der Waals surface area (Å²) in [6, 6.07) is 7.76. The van der Waals surface area contributed by atoms with E-state index in [0.29, 0.717) is 37.8 Å². The lowest BCUT2D eigenvalue weighted by Gasteiger charge is -2.21. The number of ether oxygens (including phenoxy) is 3. The molecule has 5 heteroatoms. The fraction of sp³-hybridized carbons (Fsp3) is 0.333. The first kappa shape index (κ1) is 12.9. The summed E-state index contributed by atoms with van der Waals surface area (Å²) in [5.41, 5.74) is 1.08. The number of furan rings is 1. The van der Waals surface area contributed by atoms with Crippen molar-refractivity contribution in [2.75, 3.05) is 20.3 Å². The van der Waals surface area contributed by atoms with Crippen LogP contribution in [-0.2, 0) is 13.1 Å². The summed E-state index contributed by atoms with van der Waals surface area (Å²) in [5.74, 6) is 3.05. The Bertz CT molecular complexity index is 548. The molecule has 0 radical (unpaired) electrons. The Morgan fingerprint density at radius 3 is 2.90 bits per heavy atom. The van der Waals surface area contributed by atoms with Crippen LogP contribution < -0.4 is 19.5 Å². The fourth-order valence-electron chi connectivity index (χ4n) is 2.17. The minimum absolute atomic E-state index is 0.555. The number of methoxy groups -OCH3 is 1. The van der Waals surface area contributed by atoms with Gasteiger partial charge < -0.3 is 23.9 Å². The van der Waals surface area contributed by atoms with Gasteiger partial charge in [0.25, 0.3) is 0 Å². The molecule has 1 aromatic carbocycles. The number of hydrogen-bond acceptors (Lipinski definition) is 5. The van der Waals surface area contributed by atoms with Crippen molar-refractivity contribution in [1.82, 2.24) is 5.32 Å². The normalized spacial score (nSPS) is 13.2. The van der Waals surface area contributed by atoms with Crippen molar-refractivity contribution in [3.63, 3.8) is 0 Å². The van der Waals surface area contributed by atoms with Crippen LogP contribution >= 0.6 is 0 Å². The van der Waals surface area contributed by atoms with Crippen molar-refractivity contribution in [3.8, 4) is 17.2 Å². The summed E-state index contributed by atoms with van der Waals surface area (Å²) < 4.78 is 21.8. The zero-order chi connectivity index (χ0) is 13.8. The van der Waals surface area contributed by atoms with Gasteiger partial charge in [-0.3, -0.25) is 0 Å². The molecule has 3 rings (SSSR count). The average molecular weight is 275 g/mol. The summed E-state index contributed by atoms with van der Waals surface area (Å²) >= 11 is 0. The highest BCUT2D eigenvalue weighted by Gasteiger charge is 2.18. The molecule has 0 unspecified atom stereocenters. The minimum atomic E-state index is 0.555. The number of benzene rings is 1. The van der Waals surface area contributed by atoms with Crippen molar-refractivity contribution in [2.24, 2.45) is 0 Å². The quantitative estimate of drug-likeness (QED) is 0.907. The molecule has 2 heterocycles. The van der Waals surface area contributed by atoms with Gasteiger partial charge in [-0.15, -0.1) is 0 Å². The maximum Gasteiger partial charge on any atom is 0.203 e. The molecule has 0 fully saturated rings. The van der Waals surface area contributed by atoms with E-state index in [9.17, 15) is 0 Å². The van der Waals surface area contributed by atoms with E-state index in [4.69, 9.17) is 18.6 Å². The molecular weight excluding hydrogens is 258 g/mol. The van der Waals surface area contributed by atoms with E-state index in [2.05, 4.69) is 5.32 Å². The molecule has 1 aliphatic heterocycles. The molecule has 0 saturated carbocycles. The van der Waals surface area contributed by atoms with Crippen LogP contribution in [0, 0.1) is 0 Å². The second-order valence-corrected chi connectivity index (χ2v) is 4.51. The predicted octanol–water partition coefficient (Wildman–Crippen LogP) is 2.35. The monoisotopic (exact) mass is 275 g/mol. The molecule has 0 saturated heterocycles. The van der Waals surface area contributed by atoms with Gasteiger partial charge in [-0.25, -0.2) is 0 Å². The van der Waals surface area contributed by atoms with Crippen LogP contribution in [0.1, 0.15) is 11.3 Å². The van der Waals surface area contributed by atoms with Gasteiger partial charge in [-0.1, -0.05) is 0 Å². The fourth-order valence-corrected chi connectivity index (χ4v) is 2.17. The van der Waals surface area contributed by atoms with Crippen LogP contribution in [-0.4, -0.2) is 20.3 Å². The first-order valence-electron chi connectivity index (χ1n) is 6.56. The molecule has 0 amide bonds. The van der Waals surface area contributed by atoms with Crippen molar-refractivity contribution in [1.29, 1.82) is 0 Å². The molecule has 1 aliphatic rings. The van der Waals surface area contributed by atoms with Crippen LogP contribution in [0.2, 0.25) is 0 Å². The molecule has 106 valence electrons. The molecular formula is C15H17NO4. The smallest absolute Gasteiger partial charge is 0.203 e. The third-order valence-electron chi connectivity index (χ3n) is 3.10. The summed E-state index contributed by atoms with van der Waals surface area (Å²) in [6.45, 7) is 2.51. The number of fused-ring (bicyclic) bond motifs is 1.